The summed E-state index contributed by atoms with van der Waals surface area (Å²) >= 11 is 0. The number of carbonyl (C=O) groups is 5. The van der Waals surface area contributed by atoms with Crippen molar-refractivity contribution in [3.05, 3.63) is 353 Å². The van der Waals surface area contributed by atoms with Crippen molar-refractivity contribution in [2.24, 2.45) is 0 Å². The lowest BCUT2D eigenvalue weighted by molar-refractivity contribution is 0.0686. The summed E-state index contributed by atoms with van der Waals surface area (Å²) in [6.07, 6.45) is 17.3. The summed E-state index contributed by atoms with van der Waals surface area (Å²) in [5.41, 5.74) is 23.4. The van der Waals surface area contributed by atoms with Gasteiger partial charge in [-0.1, -0.05) is 125 Å². The molecule has 15 aromatic rings. The monoisotopic (exact) mass is 1500 g/mol. The van der Waals surface area contributed by atoms with Crippen LogP contribution in [0.4, 0.5) is 0 Å². The van der Waals surface area contributed by atoms with E-state index < -0.39 is 29.8 Å². The molecule has 0 atom stereocenters. The summed E-state index contributed by atoms with van der Waals surface area (Å²) in [4.78, 5) is 54.9. The van der Waals surface area contributed by atoms with Crippen LogP contribution in [0.15, 0.2) is 286 Å². The van der Waals surface area contributed by atoms with Crippen LogP contribution in [0, 0.1) is 20.8 Å². The average Bonchev–Trinajstić information content (AvgIpc) is 1.67. The van der Waals surface area contributed by atoms with Crippen molar-refractivity contribution in [1.82, 2.24) is 48.9 Å². The van der Waals surface area contributed by atoms with Crippen LogP contribution in [0.3, 0.4) is 0 Å². The summed E-state index contributed by atoms with van der Waals surface area (Å²) in [5.74, 6) is -3.82. The van der Waals surface area contributed by atoms with Crippen molar-refractivity contribution in [1.29, 1.82) is 0 Å². The summed E-state index contributed by atoms with van der Waals surface area (Å²) in [5, 5.41) is 67.5. The van der Waals surface area contributed by atoms with Crippen LogP contribution in [0.1, 0.15) is 119 Å². The third kappa shape index (κ3) is 20.2. The molecule has 0 saturated heterocycles. The largest absolute Gasteiger partial charge is 0.497 e. The minimum atomic E-state index is -0.938. The Kier molecular flexibility index (Phi) is 26.0. The zero-order valence-corrected chi connectivity index (χ0v) is 63.6. The molecule has 10 aromatic carbocycles. The third-order valence-corrected chi connectivity index (χ3v) is 18.8. The maximum atomic E-state index is 11.1. The van der Waals surface area contributed by atoms with E-state index in [1.165, 1.54) is 22.3 Å². The lowest BCUT2D eigenvalue weighted by atomic mass is 10.0. The van der Waals surface area contributed by atoms with Gasteiger partial charge in [-0.2, -0.15) is 25.5 Å². The molecule has 0 unspecified atom stereocenters. The Morgan fingerprint density at radius 1 is 0.310 bits per heavy atom. The molecule has 5 heterocycles. The molecule has 0 aliphatic rings. The molecule has 0 spiro atoms. The lowest BCUT2D eigenvalue weighted by Gasteiger charge is -2.03. The minimum absolute atomic E-state index is 0.257. The zero-order valence-electron chi connectivity index (χ0n) is 63.6. The highest BCUT2D eigenvalue weighted by atomic mass is 16.5. The standard InChI is InChI=1S/2C19H18N2O2.C18H16N2O3.2C18H16N2O2/c1-3-14-4-10-17(11-5-14)21-12-18(13(2)20-21)15-6-8-16(9-7-15)19(22)23;1-3-14-7-9-17(10-8-14)21-12-18(13(2)20-21)15-5-4-6-16(11-15)19(22)23;1-12-11-20(15-7-3-14(4-8-15)18(21)22)19-17(12)13-5-9-16(23-2)10-6-13;1-2-13-3-9-17(10-4-13)20-12-16(11-19-20)14-5-7-15(8-6-14)18(21)22;1-2-13-6-8-17(9-7-13)20-12-16(11-19-20)14-4-3-5-15(10-14)18(21)22/h2*4-12H,3H2,1-2H3,(H,22,23);3-11H,1-2H3,(H,21,22);2*3-12H,2H2,1H3,(H,21,22). The van der Waals surface area contributed by atoms with E-state index in [2.05, 4.69) is 114 Å². The van der Waals surface area contributed by atoms with Crippen LogP contribution in [-0.2, 0) is 25.7 Å². The van der Waals surface area contributed by atoms with Gasteiger partial charge in [0.25, 0.3) is 0 Å². The molecule has 0 bridgehead atoms. The highest BCUT2D eigenvalue weighted by Gasteiger charge is 2.16. The molecule has 0 fully saturated rings. The van der Waals surface area contributed by atoms with Crippen LogP contribution in [0.5, 0.6) is 5.75 Å². The molecule has 15 rings (SSSR count). The summed E-state index contributed by atoms with van der Waals surface area (Å²) in [6, 6.07) is 74.9. The number of hydrogen-bond donors (Lipinski definition) is 5. The predicted octanol–water partition coefficient (Wildman–Crippen LogP) is 19.4. The summed E-state index contributed by atoms with van der Waals surface area (Å²) in [7, 11) is 1.63. The fourth-order valence-electron chi connectivity index (χ4n) is 12.1. The second-order valence-electron chi connectivity index (χ2n) is 26.3. The van der Waals surface area contributed by atoms with E-state index in [1.54, 1.807) is 126 Å². The third-order valence-electron chi connectivity index (χ3n) is 18.8. The van der Waals surface area contributed by atoms with Crippen molar-refractivity contribution in [2.45, 2.75) is 74.1 Å². The van der Waals surface area contributed by atoms with Gasteiger partial charge in [-0.15, -0.1) is 0 Å². The molecule has 21 heteroatoms. The van der Waals surface area contributed by atoms with Gasteiger partial charge < -0.3 is 30.3 Å². The second kappa shape index (κ2) is 37.0. The highest BCUT2D eigenvalue weighted by molar-refractivity contribution is 5.91. The Morgan fingerprint density at radius 3 is 1.01 bits per heavy atom. The van der Waals surface area contributed by atoms with Crippen LogP contribution in [0.25, 0.3) is 84.2 Å². The van der Waals surface area contributed by atoms with Crippen LogP contribution in [0.2, 0.25) is 0 Å². The number of aromatic carboxylic acids is 5. The number of nitrogens with zero attached hydrogens (tertiary/aromatic N) is 10. The van der Waals surface area contributed by atoms with Crippen molar-refractivity contribution in [2.75, 3.05) is 7.11 Å². The minimum Gasteiger partial charge on any atom is -0.497 e. The first kappa shape index (κ1) is 79.4. The second-order valence-corrected chi connectivity index (χ2v) is 26.3. The SMILES string of the molecule is CCc1ccc(-n2cc(-c3ccc(C(=O)O)cc3)c(C)n2)cc1.CCc1ccc(-n2cc(-c3ccc(C(=O)O)cc3)cn2)cc1.CCc1ccc(-n2cc(-c3cccc(C(=O)O)c3)c(C)n2)cc1.CCc1ccc(-n2cc(-c3cccc(C(=O)O)c3)cn2)cc1.COc1ccc(-c2nn(-c3ccc(C(=O)O)cc3)cc2C)cc1. The van der Waals surface area contributed by atoms with E-state index in [1.807, 2.05) is 151 Å². The van der Waals surface area contributed by atoms with Crippen LogP contribution in [-0.4, -0.2) is 111 Å². The van der Waals surface area contributed by atoms with Gasteiger partial charge >= 0.3 is 29.8 Å². The van der Waals surface area contributed by atoms with E-state index in [-0.39, 0.29) is 27.8 Å². The van der Waals surface area contributed by atoms with Crippen molar-refractivity contribution >= 4 is 29.8 Å². The topological polar surface area (TPSA) is 285 Å². The Morgan fingerprint density at radius 2 is 0.628 bits per heavy atom. The molecular formula is C92H84N10O11. The molecule has 5 N–H and O–H groups in total. The average molecular weight is 1510 g/mol. The molecule has 0 radical (unpaired) electrons. The normalized spacial score (nSPS) is 10.6. The first-order valence-corrected chi connectivity index (χ1v) is 36.6. The number of rotatable bonds is 20. The summed E-state index contributed by atoms with van der Waals surface area (Å²) < 4.78 is 14.2. The van der Waals surface area contributed by atoms with Gasteiger partial charge in [0.1, 0.15) is 5.75 Å². The fourth-order valence-corrected chi connectivity index (χ4v) is 12.1. The Hall–Kier alpha value is -14.6. The Labute approximate surface area is 653 Å². The first-order valence-electron chi connectivity index (χ1n) is 36.6. The molecule has 0 aliphatic heterocycles. The van der Waals surface area contributed by atoms with E-state index >= 15 is 0 Å². The van der Waals surface area contributed by atoms with E-state index in [9.17, 15) is 24.0 Å². The molecule has 0 amide bonds. The quantitative estimate of drug-likeness (QED) is 0.0474. The fraction of sp³-hybridized carbons (Fsp3) is 0.130. The molecular weight excluding hydrogens is 1420 g/mol. The van der Waals surface area contributed by atoms with Crippen molar-refractivity contribution in [3.8, 4) is 90.0 Å². The number of benzene rings is 10. The Bertz CT molecular complexity index is 5760. The van der Waals surface area contributed by atoms with Crippen molar-refractivity contribution < 1.29 is 54.2 Å². The van der Waals surface area contributed by atoms with Crippen molar-refractivity contribution in [3.63, 3.8) is 0 Å². The molecule has 113 heavy (non-hydrogen) atoms. The zero-order chi connectivity index (χ0) is 80.2. The molecule has 568 valence electrons. The van der Waals surface area contributed by atoms with E-state index in [4.69, 9.17) is 30.3 Å². The number of aromatic nitrogens is 10. The number of ether oxygens (including phenoxy) is 1. The maximum Gasteiger partial charge on any atom is 0.335 e. The van der Waals surface area contributed by atoms with E-state index in [0.717, 1.165) is 133 Å². The van der Waals surface area contributed by atoms with Crippen LogP contribution >= 0.6 is 0 Å². The lowest BCUT2D eigenvalue weighted by Crippen LogP contribution is -1.98. The van der Waals surface area contributed by atoms with Gasteiger partial charge in [-0.25, -0.2) is 47.4 Å². The van der Waals surface area contributed by atoms with Gasteiger partial charge in [0.05, 0.1) is 92.8 Å². The molecule has 0 saturated carbocycles. The smallest absolute Gasteiger partial charge is 0.335 e. The highest BCUT2D eigenvalue weighted by Crippen LogP contribution is 2.30. The summed E-state index contributed by atoms with van der Waals surface area (Å²) in [6.45, 7) is 14.4. The van der Waals surface area contributed by atoms with Crippen LogP contribution < -0.4 is 4.74 Å². The number of methoxy groups -OCH3 is 1. The van der Waals surface area contributed by atoms with Gasteiger partial charge in [0.15, 0.2) is 0 Å². The first-order chi connectivity index (χ1) is 54.6. The van der Waals surface area contributed by atoms with E-state index in [0.29, 0.717) is 0 Å². The number of carboxylic acids is 5. The van der Waals surface area contributed by atoms with Gasteiger partial charge in [-0.05, 0) is 242 Å². The van der Waals surface area contributed by atoms with Gasteiger partial charge in [0, 0.05) is 58.8 Å². The number of hydrogen-bond acceptors (Lipinski definition) is 11. The molecule has 0 aliphatic carbocycles. The van der Waals surface area contributed by atoms with Gasteiger partial charge in [0.2, 0.25) is 0 Å². The maximum absolute atomic E-state index is 11.1. The molecule has 21 nitrogen and oxygen atoms in total. The van der Waals surface area contributed by atoms with Gasteiger partial charge in [-0.3, -0.25) is 0 Å². The Balaban J connectivity index is 0.000000139. The predicted molar refractivity (Wildman–Crippen MR) is 438 cm³/mol. The number of aryl methyl sites for hydroxylation is 7. The number of carboxylic acid groups (broad SMARTS) is 5. The molecule has 5 aromatic heterocycles.